The summed E-state index contributed by atoms with van der Waals surface area (Å²) in [6.45, 7) is 2.16. The second-order valence-electron chi connectivity index (χ2n) is 8.33. The van der Waals surface area contributed by atoms with Gasteiger partial charge in [-0.1, -0.05) is 29.3 Å². The van der Waals surface area contributed by atoms with Crippen LogP contribution in [0.5, 0.6) is 0 Å². The third-order valence-electron chi connectivity index (χ3n) is 5.98. The van der Waals surface area contributed by atoms with Crippen LogP contribution in [0.1, 0.15) is 33.7 Å². The van der Waals surface area contributed by atoms with Gasteiger partial charge in [-0.25, -0.2) is 12.7 Å². The molecule has 190 valence electrons. The SMILES string of the molecule is O=C(NC1CCN(S(=O)(=O)CCN2CCSC2)CC1)c1[nH]ncc1NC(=O)c1c(Cl)cccc1Cl. The molecular weight excluding hydrogens is 535 g/mol. The predicted octanol–water partition coefficient (Wildman–Crippen LogP) is 2.50. The third kappa shape index (κ3) is 6.49. The number of amides is 2. The third-order valence-corrected chi connectivity index (χ3v) is 9.48. The number of sulfonamides is 1. The van der Waals surface area contributed by atoms with Crippen LogP contribution in [0.25, 0.3) is 0 Å². The van der Waals surface area contributed by atoms with Crippen molar-refractivity contribution in [1.82, 2.24) is 24.7 Å². The Morgan fingerprint density at radius 1 is 1.14 bits per heavy atom. The lowest BCUT2D eigenvalue weighted by molar-refractivity contribution is 0.0919. The van der Waals surface area contributed by atoms with Crippen LogP contribution in [0.15, 0.2) is 24.4 Å². The predicted molar refractivity (Wildman–Crippen MR) is 138 cm³/mol. The molecule has 3 N–H and O–H groups in total. The van der Waals surface area contributed by atoms with Crippen molar-refractivity contribution in [1.29, 1.82) is 0 Å². The van der Waals surface area contributed by atoms with Crippen LogP contribution < -0.4 is 10.6 Å². The van der Waals surface area contributed by atoms with E-state index in [4.69, 9.17) is 23.2 Å². The normalized spacial score (nSPS) is 18.0. The number of carbonyl (C=O) groups is 2. The minimum absolute atomic E-state index is 0.0834. The summed E-state index contributed by atoms with van der Waals surface area (Å²) in [7, 11) is -3.34. The smallest absolute Gasteiger partial charge is 0.271 e. The maximum Gasteiger partial charge on any atom is 0.271 e. The highest BCUT2D eigenvalue weighted by molar-refractivity contribution is 7.99. The van der Waals surface area contributed by atoms with E-state index < -0.39 is 21.8 Å². The van der Waals surface area contributed by atoms with E-state index in [9.17, 15) is 18.0 Å². The molecule has 4 rings (SSSR count). The molecule has 0 spiro atoms. The molecule has 3 heterocycles. The molecule has 10 nitrogen and oxygen atoms in total. The van der Waals surface area contributed by atoms with Crippen molar-refractivity contribution in [2.45, 2.75) is 18.9 Å². The molecule has 1 aromatic heterocycles. The Morgan fingerprint density at radius 3 is 2.51 bits per heavy atom. The van der Waals surface area contributed by atoms with Gasteiger partial charge in [-0.05, 0) is 25.0 Å². The van der Waals surface area contributed by atoms with E-state index in [-0.39, 0.29) is 38.8 Å². The van der Waals surface area contributed by atoms with E-state index in [1.807, 2.05) is 11.8 Å². The second kappa shape index (κ2) is 11.5. The number of halogens is 2. The average molecular weight is 562 g/mol. The Morgan fingerprint density at radius 2 is 1.86 bits per heavy atom. The maximum absolute atomic E-state index is 12.8. The van der Waals surface area contributed by atoms with Crippen molar-refractivity contribution in [3.63, 3.8) is 0 Å². The van der Waals surface area contributed by atoms with E-state index in [2.05, 4.69) is 25.7 Å². The van der Waals surface area contributed by atoms with E-state index in [0.717, 1.165) is 18.2 Å². The number of nitrogens with one attached hydrogen (secondary N) is 3. The zero-order valence-corrected chi connectivity index (χ0v) is 21.9. The van der Waals surface area contributed by atoms with Gasteiger partial charge in [0.05, 0.1) is 33.2 Å². The minimum atomic E-state index is -3.34. The number of benzene rings is 1. The van der Waals surface area contributed by atoms with Crippen LogP contribution in [0, 0.1) is 0 Å². The number of H-pyrrole nitrogens is 1. The van der Waals surface area contributed by atoms with Crippen molar-refractivity contribution in [2.75, 3.05) is 48.9 Å². The highest BCUT2D eigenvalue weighted by Gasteiger charge is 2.30. The summed E-state index contributed by atoms with van der Waals surface area (Å²) >= 11 is 14.0. The van der Waals surface area contributed by atoms with Gasteiger partial charge < -0.3 is 10.6 Å². The molecule has 2 amide bonds. The molecule has 14 heteroatoms. The Kier molecular flexibility index (Phi) is 8.61. The number of aromatic nitrogens is 2. The summed E-state index contributed by atoms with van der Waals surface area (Å²) in [6.07, 6.45) is 2.32. The number of anilines is 1. The second-order valence-corrected chi connectivity index (χ2v) is 12.3. The zero-order valence-electron chi connectivity index (χ0n) is 18.8. The first-order chi connectivity index (χ1) is 16.7. The first kappa shape index (κ1) is 26.2. The number of aromatic amines is 1. The molecule has 2 aliphatic rings. The minimum Gasteiger partial charge on any atom is -0.348 e. The van der Waals surface area contributed by atoms with Crippen molar-refractivity contribution in [3.8, 4) is 0 Å². The lowest BCUT2D eigenvalue weighted by Crippen LogP contribution is -2.48. The van der Waals surface area contributed by atoms with E-state index >= 15 is 0 Å². The van der Waals surface area contributed by atoms with Crippen LogP contribution in [0.3, 0.4) is 0 Å². The van der Waals surface area contributed by atoms with Crippen molar-refractivity contribution < 1.29 is 18.0 Å². The molecule has 0 unspecified atom stereocenters. The monoisotopic (exact) mass is 560 g/mol. The summed E-state index contributed by atoms with van der Waals surface area (Å²) in [4.78, 5) is 27.7. The molecule has 35 heavy (non-hydrogen) atoms. The van der Waals surface area contributed by atoms with Crippen molar-refractivity contribution >= 4 is 62.5 Å². The van der Waals surface area contributed by atoms with Gasteiger partial charge in [0.2, 0.25) is 10.0 Å². The molecule has 0 atom stereocenters. The van der Waals surface area contributed by atoms with Gasteiger partial charge >= 0.3 is 0 Å². The zero-order chi connectivity index (χ0) is 25.0. The fourth-order valence-corrected chi connectivity index (χ4v) is 7.11. The molecule has 1 aromatic carbocycles. The molecule has 0 aliphatic carbocycles. The fourth-order valence-electron chi connectivity index (χ4n) is 3.99. The van der Waals surface area contributed by atoms with Crippen molar-refractivity contribution in [2.24, 2.45) is 0 Å². The summed E-state index contributed by atoms with van der Waals surface area (Å²) < 4.78 is 26.9. The van der Waals surface area contributed by atoms with Gasteiger partial charge in [-0.2, -0.15) is 5.10 Å². The highest BCUT2D eigenvalue weighted by Crippen LogP contribution is 2.26. The van der Waals surface area contributed by atoms with E-state index in [1.165, 1.54) is 10.5 Å². The number of rotatable bonds is 8. The molecule has 0 saturated carbocycles. The lowest BCUT2D eigenvalue weighted by atomic mass is 10.1. The topological polar surface area (TPSA) is 128 Å². The van der Waals surface area contributed by atoms with E-state index in [0.29, 0.717) is 32.5 Å². The number of thioether (sulfide) groups is 1. The first-order valence-electron chi connectivity index (χ1n) is 11.1. The van der Waals surface area contributed by atoms with Gasteiger partial charge in [0.1, 0.15) is 5.69 Å². The molecule has 0 radical (unpaired) electrons. The Hall–Kier alpha value is -1.83. The van der Waals surface area contributed by atoms with Crippen LogP contribution >= 0.6 is 35.0 Å². The van der Waals surface area contributed by atoms with E-state index in [1.54, 1.807) is 18.2 Å². The van der Waals surface area contributed by atoms with Gasteiger partial charge in [0, 0.05) is 43.9 Å². The summed E-state index contributed by atoms with van der Waals surface area (Å²) in [5.74, 6) is 1.01. The van der Waals surface area contributed by atoms with Gasteiger partial charge in [-0.15, -0.1) is 11.8 Å². The van der Waals surface area contributed by atoms with Gasteiger partial charge in [-0.3, -0.25) is 19.6 Å². The van der Waals surface area contributed by atoms with Crippen molar-refractivity contribution in [3.05, 3.63) is 45.7 Å². The summed E-state index contributed by atoms with van der Waals surface area (Å²) in [6, 6.07) is 4.52. The molecule has 2 saturated heterocycles. The molecular formula is C21H26Cl2N6O4S2. The Bertz CT molecular complexity index is 1160. The van der Waals surface area contributed by atoms with Gasteiger partial charge in [0.15, 0.2) is 0 Å². The maximum atomic E-state index is 12.8. The first-order valence-corrected chi connectivity index (χ1v) is 14.6. The standard InChI is InChI=1S/C21H26Cl2N6O4S2/c22-15-2-1-3-16(23)18(15)20(30)26-17-12-24-27-19(17)21(31)25-14-4-6-29(7-5-14)35(32,33)11-9-28-8-10-34-13-28/h1-3,12,14H,4-11,13H2,(H,24,27)(H,25,31)(H,26,30). The molecule has 2 fully saturated rings. The van der Waals surface area contributed by atoms with Crippen LogP contribution in [0.2, 0.25) is 10.0 Å². The molecule has 2 aliphatic heterocycles. The Balaban J connectivity index is 1.30. The Labute approximate surface area is 218 Å². The number of piperidine rings is 1. The number of carbonyl (C=O) groups excluding carboxylic acids is 2. The van der Waals surface area contributed by atoms with Gasteiger partial charge in [0.25, 0.3) is 11.8 Å². The molecule has 0 bridgehead atoms. The van der Waals surface area contributed by atoms with Crippen LogP contribution in [0.4, 0.5) is 5.69 Å². The summed E-state index contributed by atoms with van der Waals surface area (Å²) in [5.41, 5.74) is 0.365. The highest BCUT2D eigenvalue weighted by atomic mass is 35.5. The van der Waals surface area contributed by atoms with Crippen LogP contribution in [-0.4, -0.2) is 89.2 Å². The summed E-state index contributed by atoms with van der Waals surface area (Å²) in [5, 5.41) is 12.4. The largest absolute Gasteiger partial charge is 0.348 e. The quantitative estimate of drug-likeness (QED) is 0.452. The average Bonchev–Trinajstić information content (AvgIpc) is 3.50. The number of hydrogen-bond donors (Lipinski definition) is 3. The van der Waals surface area contributed by atoms with Crippen LogP contribution in [-0.2, 0) is 10.0 Å². The number of nitrogens with zero attached hydrogens (tertiary/aromatic N) is 3. The lowest BCUT2D eigenvalue weighted by Gasteiger charge is -2.32. The fraction of sp³-hybridized carbons (Fsp3) is 0.476. The molecule has 2 aromatic rings. The number of hydrogen-bond acceptors (Lipinski definition) is 7.